The van der Waals surface area contributed by atoms with Crippen molar-refractivity contribution in [2.75, 3.05) is 25.6 Å². The van der Waals surface area contributed by atoms with E-state index in [1.807, 2.05) is 18.2 Å². The molecule has 2 aromatic carbocycles. The third-order valence-electron chi connectivity index (χ3n) is 3.07. The smallest absolute Gasteiger partial charge is 0.0718 e. The Balaban J connectivity index is 1.87. The van der Waals surface area contributed by atoms with Gasteiger partial charge in [0.1, 0.15) is 0 Å². The third kappa shape index (κ3) is 5.50. The van der Waals surface area contributed by atoms with Gasteiger partial charge in [0.15, 0.2) is 0 Å². The van der Waals surface area contributed by atoms with Gasteiger partial charge < -0.3 is 14.8 Å². The Morgan fingerprint density at radius 2 is 1.90 bits per heavy atom. The molecule has 0 radical (unpaired) electrons. The van der Waals surface area contributed by atoms with E-state index >= 15 is 0 Å². The molecule has 21 heavy (non-hydrogen) atoms. The molecule has 0 atom stereocenters. The maximum absolute atomic E-state index is 5.54. The number of anilines is 1. The number of benzene rings is 2. The third-order valence-corrected chi connectivity index (χ3v) is 3.84. The van der Waals surface area contributed by atoms with Crippen molar-refractivity contribution >= 4 is 21.6 Å². The highest BCUT2D eigenvalue weighted by Gasteiger charge is 2.00. The molecule has 112 valence electrons. The van der Waals surface area contributed by atoms with Gasteiger partial charge in [0.05, 0.1) is 19.8 Å². The molecule has 0 aliphatic rings. The van der Waals surface area contributed by atoms with Gasteiger partial charge in [0.25, 0.3) is 0 Å². The Labute approximate surface area is 134 Å². The second-order valence-electron chi connectivity index (χ2n) is 4.69. The zero-order valence-electron chi connectivity index (χ0n) is 12.1. The fourth-order valence-corrected chi connectivity index (χ4v) is 2.37. The number of ether oxygens (including phenoxy) is 2. The van der Waals surface area contributed by atoms with Gasteiger partial charge in [0, 0.05) is 23.8 Å². The van der Waals surface area contributed by atoms with Crippen molar-refractivity contribution in [1.29, 1.82) is 0 Å². The van der Waals surface area contributed by atoms with Crippen molar-refractivity contribution in [3.63, 3.8) is 0 Å². The van der Waals surface area contributed by atoms with Crippen LogP contribution >= 0.6 is 15.9 Å². The summed E-state index contributed by atoms with van der Waals surface area (Å²) in [7, 11) is 1.68. The molecule has 0 aliphatic heterocycles. The van der Waals surface area contributed by atoms with Gasteiger partial charge >= 0.3 is 0 Å². The standard InChI is InChI=1S/C17H20BrNO2/c1-20-9-10-21-13-14-5-4-7-16(11-14)19-12-15-6-2-3-8-17(15)18/h2-8,11,19H,9-10,12-13H2,1H3. The lowest BCUT2D eigenvalue weighted by Gasteiger charge is -2.10. The van der Waals surface area contributed by atoms with Crippen LogP contribution in [0.3, 0.4) is 0 Å². The molecule has 1 N–H and O–H groups in total. The number of halogens is 1. The number of nitrogens with one attached hydrogen (secondary N) is 1. The van der Waals surface area contributed by atoms with E-state index in [1.54, 1.807) is 7.11 Å². The van der Waals surface area contributed by atoms with E-state index in [2.05, 4.69) is 51.6 Å². The Morgan fingerprint density at radius 3 is 2.71 bits per heavy atom. The first-order chi connectivity index (χ1) is 10.3. The van der Waals surface area contributed by atoms with E-state index in [0.29, 0.717) is 19.8 Å². The fourth-order valence-electron chi connectivity index (χ4n) is 1.94. The topological polar surface area (TPSA) is 30.5 Å². The van der Waals surface area contributed by atoms with Crippen LogP contribution in [0.2, 0.25) is 0 Å². The van der Waals surface area contributed by atoms with E-state index in [9.17, 15) is 0 Å². The minimum absolute atomic E-state index is 0.605. The summed E-state index contributed by atoms with van der Waals surface area (Å²) in [6, 6.07) is 16.5. The van der Waals surface area contributed by atoms with Gasteiger partial charge in [-0.15, -0.1) is 0 Å². The lowest BCUT2D eigenvalue weighted by molar-refractivity contribution is 0.0617. The second kappa shape index (κ2) is 8.82. The molecule has 4 heteroatoms. The number of methoxy groups -OCH3 is 1. The molecule has 0 amide bonds. The van der Waals surface area contributed by atoms with Crippen molar-refractivity contribution in [1.82, 2.24) is 0 Å². The molecule has 0 aliphatic carbocycles. The molecular weight excluding hydrogens is 330 g/mol. The molecule has 2 aromatic rings. The Morgan fingerprint density at radius 1 is 1.05 bits per heavy atom. The molecule has 0 spiro atoms. The summed E-state index contributed by atoms with van der Waals surface area (Å²) in [5, 5.41) is 3.43. The van der Waals surface area contributed by atoms with Gasteiger partial charge in [-0.25, -0.2) is 0 Å². The minimum Gasteiger partial charge on any atom is -0.382 e. The van der Waals surface area contributed by atoms with Crippen LogP contribution in [0.15, 0.2) is 53.0 Å². The summed E-state index contributed by atoms with van der Waals surface area (Å²) in [4.78, 5) is 0. The van der Waals surface area contributed by atoms with Gasteiger partial charge in [-0.05, 0) is 29.3 Å². The van der Waals surface area contributed by atoms with Crippen molar-refractivity contribution < 1.29 is 9.47 Å². The molecular formula is C17H20BrNO2. The average molecular weight is 350 g/mol. The summed E-state index contributed by atoms with van der Waals surface area (Å²) < 4.78 is 11.6. The van der Waals surface area contributed by atoms with Gasteiger partial charge in [-0.2, -0.15) is 0 Å². The van der Waals surface area contributed by atoms with Crippen LogP contribution in [0.4, 0.5) is 5.69 Å². The van der Waals surface area contributed by atoms with Crippen LogP contribution in [-0.2, 0) is 22.6 Å². The van der Waals surface area contributed by atoms with Crippen molar-refractivity contribution in [2.24, 2.45) is 0 Å². The fraction of sp³-hybridized carbons (Fsp3) is 0.294. The van der Waals surface area contributed by atoms with Crippen LogP contribution in [0.25, 0.3) is 0 Å². The molecule has 0 unspecified atom stereocenters. The quantitative estimate of drug-likeness (QED) is 0.723. The summed E-state index contributed by atoms with van der Waals surface area (Å²) in [6.45, 7) is 2.63. The zero-order valence-corrected chi connectivity index (χ0v) is 13.7. The van der Waals surface area contributed by atoms with Gasteiger partial charge in [0.2, 0.25) is 0 Å². The van der Waals surface area contributed by atoms with E-state index in [4.69, 9.17) is 9.47 Å². The highest BCUT2D eigenvalue weighted by molar-refractivity contribution is 9.10. The maximum Gasteiger partial charge on any atom is 0.0718 e. The monoisotopic (exact) mass is 349 g/mol. The molecule has 0 aromatic heterocycles. The summed E-state index contributed by atoms with van der Waals surface area (Å²) in [6.07, 6.45) is 0. The van der Waals surface area contributed by atoms with Crippen LogP contribution in [0.5, 0.6) is 0 Å². The highest BCUT2D eigenvalue weighted by Crippen LogP contribution is 2.18. The van der Waals surface area contributed by atoms with E-state index < -0.39 is 0 Å². The normalized spacial score (nSPS) is 10.6. The predicted molar refractivity (Wildman–Crippen MR) is 89.4 cm³/mol. The largest absolute Gasteiger partial charge is 0.382 e. The molecule has 2 rings (SSSR count). The number of hydrogen-bond acceptors (Lipinski definition) is 3. The molecule has 0 fully saturated rings. The van der Waals surface area contributed by atoms with Crippen molar-refractivity contribution in [2.45, 2.75) is 13.2 Å². The van der Waals surface area contributed by atoms with E-state index in [0.717, 1.165) is 22.3 Å². The van der Waals surface area contributed by atoms with Crippen LogP contribution in [0, 0.1) is 0 Å². The first-order valence-corrected chi connectivity index (χ1v) is 7.72. The Hall–Kier alpha value is -1.36. The summed E-state index contributed by atoms with van der Waals surface area (Å²) in [5.41, 5.74) is 3.49. The highest BCUT2D eigenvalue weighted by atomic mass is 79.9. The number of rotatable bonds is 8. The Kier molecular flexibility index (Phi) is 6.73. The van der Waals surface area contributed by atoms with Gasteiger partial charge in [-0.3, -0.25) is 0 Å². The maximum atomic E-state index is 5.54. The zero-order chi connectivity index (χ0) is 14.9. The van der Waals surface area contributed by atoms with Crippen LogP contribution in [-0.4, -0.2) is 20.3 Å². The average Bonchev–Trinajstić information content (AvgIpc) is 2.51. The summed E-state index contributed by atoms with van der Waals surface area (Å²) in [5.74, 6) is 0. The van der Waals surface area contributed by atoms with Crippen molar-refractivity contribution in [3.05, 3.63) is 64.1 Å². The molecule has 0 bridgehead atoms. The minimum atomic E-state index is 0.605. The summed E-state index contributed by atoms with van der Waals surface area (Å²) >= 11 is 3.56. The van der Waals surface area contributed by atoms with E-state index in [1.165, 1.54) is 5.56 Å². The lowest BCUT2D eigenvalue weighted by atomic mass is 10.2. The molecule has 0 saturated heterocycles. The van der Waals surface area contributed by atoms with Gasteiger partial charge in [-0.1, -0.05) is 46.3 Å². The SMILES string of the molecule is COCCOCc1cccc(NCc2ccccc2Br)c1. The first kappa shape index (κ1) is 16.0. The van der Waals surface area contributed by atoms with Crippen LogP contribution < -0.4 is 5.32 Å². The first-order valence-electron chi connectivity index (χ1n) is 6.92. The predicted octanol–water partition coefficient (Wildman–Crippen LogP) is 4.22. The Bertz CT molecular complexity index is 560. The number of hydrogen-bond donors (Lipinski definition) is 1. The molecule has 0 heterocycles. The van der Waals surface area contributed by atoms with Crippen molar-refractivity contribution in [3.8, 4) is 0 Å². The molecule has 0 saturated carbocycles. The lowest BCUT2D eigenvalue weighted by Crippen LogP contribution is -2.03. The molecule has 3 nitrogen and oxygen atoms in total. The second-order valence-corrected chi connectivity index (χ2v) is 5.55. The van der Waals surface area contributed by atoms with E-state index in [-0.39, 0.29) is 0 Å². The van der Waals surface area contributed by atoms with Crippen LogP contribution in [0.1, 0.15) is 11.1 Å².